The first kappa shape index (κ1) is 14.8. The van der Waals surface area contributed by atoms with Gasteiger partial charge in [0.15, 0.2) is 0 Å². The van der Waals surface area contributed by atoms with Crippen LogP contribution in [0.25, 0.3) is 0 Å². The van der Waals surface area contributed by atoms with Crippen LogP contribution >= 0.6 is 0 Å². The molecule has 0 saturated heterocycles. The van der Waals surface area contributed by atoms with Crippen LogP contribution in [0.3, 0.4) is 0 Å². The standard InChI is InChI=1S/C15H17N3O3/c1-2-21-15-10-13(9-14(11-15)18(19)20)17-8-6-12-5-3-4-7-16-12/h3-5,7,9-11,17H,2,6,8H2,1H3. The first-order valence-corrected chi connectivity index (χ1v) is 6.75. The van der Waals surface area contributed by atoms with Gasteiger partial charge in [0, 0.05) is 42.7 Å². The van der Waals surface area contributed by atoms with E-state index < -0.39 is 4.92 Å². The summed E-state index contributed by atoms with van der Waals surface area (Å²) in [6.45, 7) is 2.95. The monoisotopic (exact) mass is 287 g/mol. The fourth-order valence-corrected chi connectivity index (χ4v) is 1.92. The Morgan fingerprint density at radius 1 is 1.33 bits per heavy atom. The molecule has 1 aromatic heterocycles. The Balaban J connectivity index is 2.03. The molecule has 0 fully saturated rings. The highest BCUT2D eigenvalue weighted by atomic mass is 16.6. The van der Waals surface area contributed by atoms with Crippen molar-refractivity contribution in [1.82, 2.24) is 4.98 Å². The van der Waals surface area contributed by atoms with Gasteiger partial charge < -0.3 is 10.1 Å². The van der Waals surface area contributed by atoms with Gasteiger partial charge >= 0.3 is 0 Å². The molecular formula is C15H17N3O3. The predicted molar refractivity (Wildman–Crippen MR) is 80.7 cm³/mol. The number of non-ortho nitro benzene ring substituents is 1. The minimum Gasteiger partial charge on any atom is -0.494 e. The molecule has 0 aliphatic heterocycles. The van der Waals surface area contributed by atoms with Crippen molar-refractivity contribution in [1.29, 1.82) is 0 Å². The fourth-order valence-electron chi connectivity index (χ4n) is 1.92. The topological polar surface area (TPSA) is 77.3 Å². The van der Waals surface area contributed by atoms with Gasteiger partial charge in [-0.3, -0.25) is 15.1 Å². The van der Waals surface area contributed by atoms with Crippen LogP contribution in [-0.4, -0.2) is 23.1 Å². The van der Waals surface area contributed by atoms with Crippen LogP contribution in [0.1, 0.15) is 12.6 Å². The van der Waals surface area contributed by atoms with Crippen molar-refractivity contribution in [3.8, 4) is 5.75 Å². The largest absolute Gasteiger partial charge is 0.494 e. The van der Waals surface area contributed by atoms with E-state index in [0.717, 1.165) is 12.1 Å². The van der Waals surface area contributed by atoms with E-state index in [2.05, 4.69) is 10.3 Å². The second kappa shape index (κ2) is 7.23. The Morgan fingerprint density at radius 2 is 2.19 bits per heavy atom. The molecule has 2 aromatic rings. The summed E-state index contributed by atoms with van der Waals surface area (Å²) in [6, 6.07) is 10.4. The van der Waals surface area contributed by atoms with Crippen LogP contribution < -0.4 is 10.1 Å². The van der Waals surface area contributed by atoms with Crippen LogP contribution in [0.2, 0.25) is 0 Å². The third-order valence-electron chi connectivity index (χ3n) is 2.85. The molecule has 0 spiro atoms. The van der Waals surface area contributed by atoms with Gasteiger partial charge in [-0.1, -0.05) is 6.07 Å². The number of ether oxygens (including phenoxy) is 1. The van der Waals surface area contributed by atoms with Crippen molar-refractivity contribution >= 4 is 11.4 Å². The zero-order valence-electron chi connectivity index (χ0n) is 11.8. The van der Waals surface area contributed by atoms with E-state index in [1.165, 1.54) is 12.1 Å². The number of anilines is 1. The van der Waals surface area contributed by atoms with Gasteiger partial charge in [0.2, 0.25) is 0 Å². The average molecular weight is 287 g/mol. The molecule has 0 amide bonds. The minimum atomic E-state index is -0.424. The molecule has 0 bridgehead atoms. The number of nitro benzene ring substituents is 1. The molecule has 2 rings (SSSR count). The van der Waals surface area contributed by atoms with Gasteiger partial charge in [0.1, 0.15) is 5.75 Å². The molecule has 0 unspecified atom stereocenters. The average Bonchev–Trinajstić information content (AvgIpc) is 2.48. The summed E-state index contributed by atoms with van der Waals surface area (Å²) in [7, 11) is 0. The molecule has 110 valence electrons. The van der Waals surface area contributed by atoms with E-state index in [9.17, 15) is 10.1 Å². The number of nitrogens with one attached hydrogen (secondary N) is 1. The number of benzene rings is 1. The van der Waals surface area contributed by atoms with Crippen molar-refractivity contribution in [2.45, 2.75) is 13.3 Å². The van der Waals surface area contributed by atoms with Crippen LogP contribution in [0.15, 0.2) is 42.6 Å². The fraction of sp³-hybridized carbons (Fsp3) is 0.267. The number of nitrogens with zero attached hydrogens (tertiary/aromatic N) is 2. The Kier molecular flexibility index (Phi) is 5.09. The number of nitro groups is 1. The molecular weight excluding hydrogens is 270 g/mol. The number of hydrogen-bond donors (Lipinski definition) is 1. The summed E-state index contributed by atoms with van der Waals surface area (Å²) >= 11 is 0. The maximum atomic E-state index is 10.9. The number of aromatic nitrogens is 1. The van der Waals surface area contributed by atoms with Crippen LogP contribution in [-0.2, 0) is 6.42 Å². The first-order valence-electron chi connectivity index (χ1n) is 6.75. The Labute approximate surface area is 122 Å². The summed E-state index contributed by atoms with van der Waals surface area (Å²) < 4.78 is 5.35. The molecule has 6 heteroatoms. The van der Waals surface area contributed by atoms with E-state index in [1.54, 1.807) is 12.3 Å². The van der Waals surface area contributed by atoms with Gasteiger partial charge in [-0.2, -0.15) is 0 Å². The lowest BCUT2D eigenvalue weighted by molar-refractivity contribution is -0.384. The van der Waals surface area contributed by atoms with E-state index in [-0.39, 0.29) is 5.69 Å². The molecule has 1 heterocycles. The van der Waals surface area contributed by atoms with Crippen LogP contribution in [0.4, 0.5) is 11.4 Å². The Hall–Kier alpha value is -2.63. The molecule has 1 aromatic carbocycles. The number of rotatable bonds is 7. The zero-order chi connectivity index (χ0) is 15.1. The van der Waals surface area contributed by atoms with E-state index in [1.807, 2.05) is 25.1 Å². The maximum Gasteiger partial charge on any atom is 0.275 e. The highest BCUT2D eigenvalue weighted by Crippen LogP contribution is 2.26. The van der Waals surface area contributed by atoms with Gasteiger partial charge in [-0.25, -0.2) is 0 Å². The lowest BCUT2D eigenvalue weighted by Crippen LogP contribution is -2.06. The summed E-state index contributed by atoms with van der Waals surface area (Å²) in [5.41, 5.74) is 1.66. The third kappa shape index (κ3) is 4.45. The number of pyridine rings is 1. The van der Waals surface area contributed by atoms with Crippen LogP contribution in [0, 0.1) is 10.1 Å². The number of hydrogen-bond acceptors (Lipinski definition) is 5. The predicted octanol–water partition coefficient (Wildman–Crippen LogP) is 3.04. The molecule has 0 aliphatic carbocycles. The lowest BCUT2D eigenvalue weighted by Gasteiger charge is -2.09. The van der Waals surface area contributed by atoms with E-state index in [0.29, 0.717) is 24.6 Å². The van der Waals surface area contributed by atoms with Crippen molar-refractivity contribution < 1.29 is 9.66 Å². The second-order valence-electron chi connectivity index (χ2n) is 4.40. The van der Waals surface area contributed by atoms with Crippen molar-refractivity contribution in [2.24, 2.45) is 0 Å². The highest BCUT2D eigenvalue weighted by molar-refractivity contribution is 5.56. The molecule has 21 heavy (non-hydrogen) atoms. The zero-order valence-corrected chi connectivity index (χ0v) is 11.8. The Bertz CT molecular complexity index is 602. The Morgan fingerprint density at radius 3 is 2.86 bits per heavy atom. The third-order valence-corrected chi connectivity index (χ3v) is 2.85. The van der Waals surface area contributed by atoms with E-state index in [4.69, 9.17) is 4.74 Å². The molecule has 1 N–H and O–H groups in total. The van der Waals surface area contributed by atoms with Crippen LogP contribution in [0.5, 0.6) is 5.75 Å². The molecule has 0 aliphatic rings. The van der Waals surface area contributed by atoms with E-state index >= 15 is 0 Å². The van der Waals surface area contributed by atoms with Gasteiger partial charge in [0.25, 0.3) is 5.69 Å². The summed E-state index contributed by atoms with van der Waals surface area (Å²) in [5.74, 6) is 0.493. The summed E-state index contributed by atoms with van der Waals surface area (Å²) in [5, 5.41) is 14.1. The van der Waals surface area contributed by atoms with Gasteiger partial charge in [0.05, 0.1) is 17.6 Å². The first-order chi connectivity index (χ1) is 10.2. The molecule has 0 saturated carbocycles. The van der Waals surface area contributed by atoms with Crippen molar-refractivity contribution in [3.63, 3.8) is 0 Å². The van der Waals surface area contributed by atoms with Crippen molar-refractivity contribution in [3.05, 3.63) is 58.4 Å². The molecule has 6 nitrogen and oxygen atoms in total. The molecule has 0 atom stereocenters. The van der Waals surface area contributed by atoms with Crippen molar-refractivity contribution in [2.75, 3.05) is 18.5 Å². The highest BCUT2D eigenvalue weighted by Gasteiger charge is 2.10. The lowest BCUT2D eigenvalue weighted by atomic mass is 10.2. The minimum absolute atomic E-state index is 0.0151. The summed E-state index contributed by atoms with van der Waals surface area (Å²) in [6.07, 6.45) is 2.49. The second-order valence-corrected chi connectivity index (χ2v) is 4.40. The smallest absolute Gasteiger partial charge is 0.275 e. The van der Waals surface area contributed by atoms with Gasteiger partial charge in [-0.05, 0) is 19.1 Å². The molecule has 0 radical (unpaired) electrons. The normalized spacial score (nSPS) is 10.1. The quantitative estimate of drug-likeness (QED) is 0.625. The summed E-state index contributed by atoms with van der Waals surface area (Å²) in [4.78, 5) is 14.7. The maximum absolute atomic E-state index is 10.9. The SMILES string of the molecule is CCOc1cc(NCCc2ccccn2)cc([N+](=O)[O-])c1. The van der Waals surface area contributed by atoms with Gasteiger partial charge in [-0.15, -0.1) is 0 Å².